The fraction of sp³-hybridized carbons (Fsp3) is 0.238. The van der Waals surface area contributed by atoms with Crippen LogP contribution in [0.1, 0.15) is 11.3 Å². The van der Waals surface area contributed by atoms with Crippen LogP contribution in [0.15, 0.2) is 53.3 Å². The van der Waals surface area contributed by atoms with Crippen molar-refractivity contribution >= 4 is 10.8 Å². The van der Waals surface area contributed by atoms with E-state index in [1.54, 1.807) is 12.1 Å². The van der Waals surface area contributed by atoms with E-state index in [1.165, 1.54) is 16.8 Å². The molecule has 0 aliphatic heterocycles. The summed E-state index contributed by atoms with van der Waals surface area (Å²) in [6, 6.07) is 13.8. The van der Waals surface area contributed by atoms with Crippen LogP contribution in [0.2, 0.25) is 0 Å². The predicted octanol–water partition coefficient (Wildman–Crippen LogP) is 2.69. The van der Waals surface area contributed by atoms with Gasteiger partial charge in [0.2, 0.25) is 0 Å². The van der Waals surface area contributed by atoms with E-state index in [-0.39, 0.29) is 11.4 Å². The van der Waals surface area contributed by atoms with E-state index in [2.05, 4.69) is 11.0 Å². The van der Waals surface area contributed by atoms with Crippen molar-refractivity contribution in [3.05, 3.63) is 76.0 Å². The molecule has 3 aromatic rings. The van der Waals surface area contributed by atoms with Gasteiger partial charge in [-0.15, -0.1) is 6.42 Å². The molecule has 0 aliphatic carbocycles. The number of fused-ring (bicyclic) bond motifs is 1. The first-order valence-electron chi connectivity index (χ1n) is 8.43. The third-order valence-corrected chi connectivity index (χ3v) is 4.28. The monoisotopic (exact) mass is 349 g/mol. The maximum absolute atomic E-state index is 13.2. The van der Waals surface area contributed by atoms with Gasteiger partial charge in [-0.25, -0.2) is 9.07 Å². The fourth-order valence-electron chi connectivity index (χ4n) is 2.88. The van der Waals surface area contributed by atoms with Gasteiger partial charge in [0.15, 0.2) is 0 Å². The second-order valence-electron chi connectivity index (χ2n) is 6.27. The first-order valence-corrected chi connectivity index (χ1v) is 8.43. The van der Waals surface area contributed by atoms with Crippen LogP contribution in [-0.4, -0.2) is 34.8 Å². The van der Waals surface area contributed by atoms with E-state index >= 15 is 0 Å². The molecule has 0 atom stereocenters. The molecule has 0 N–H and O–H groups in total. The van der Waals surface area contributed by atoms with Crippen LogP contribution in [0.4, 0.5) is 4.39 Å². The van der Waals surface area contributed by atoms with Gasteiger partial charge in [0, 0.05) is 18.4 Å². The van der Waals surface area contributed by atoms with Crippen molar-refractivity contribution < 1.29 is 4.39 Å². The topological polar surface area (TPSA) is 38.1 Å². The Balaban J connectivity index is 1.98. The number of rotatable bonds is 6. The molecule has 3 rings (SSSR count). The first kappa shape index (κ1) is 17.8. The van der Waals surface area contributed by atoms with Crippen LogP contribution in [-0.2, 0) is 13.0 Å². The van der Waals surface area contributed by atoms with E-state index in [4.69, 9.17) is 6.42 Å². The summed E-state index contributed by atoms with van der Waals surface area (Å²) in [4.78, 5) is 14.7. The Morgan fingerprint density at radius 1 is 1.15 bits per heavy atom. The summed E-state index contributed by atoms with van der Waals surface area (Å²) in [5, 5.41) is 6.05. The molecular weight excluding hydrogens is 329 g/mol. The van der Waals surface area contributed by atoms with Crippen molar-refractivity contribution in [3.8, 4) is 12.3 Å². The fourth-order valence-corrected chi connectivity index (χ4v) is 2.88. The summed E-state index contributed by atoms with van der Waals surface area (Å²) < 4.78 is 14.6. The molecule has 0 saturated heterocycles. The lowest BCUT2D eigenvalue weighted by Crippen LogP contribution is -2.31. The highest BCUT2D eigenvalue weighted by molar-refractivity contribution is 5.83. The third-order valence-electron chi connectivity index (χ3n) is 4.28. The molecule has 0 aliphatic rings. The first-order chi connectivity index (χ1) is 12.6. The molecule has 1 heterocycles. The highest BCUT2D eigenvalue weighted by Gasteiger charge is 2.11. The minimum atomic E-state index is -0.270. The molecule has 0 spiro atoms. The van der Waals surface area contributed by atoms with Crippen LogP contribution < -0.4 is 5.56 Å². The van der Waals surface area contributed by atoms with Crippen LogP contribution in [0, 0.1) is 18.2 Å². The van der Waals surface area contributed by atoms with Crippen molar-refractivity contribution in [3.63, 3.8) is 0 Å². The van der Waals surface area contributed by atoms with Gasteiger partial charge in [-0.05, 0) is 30.8 Å². The Hall–Kier alpha value is -2.97. The van der Waals surface area contributed by atoms with Gasteiger partial charge < -0.3 is 0 Å². The molecular formula is C21H20FN3O. The molecule has 0 unspecified atom stereocenters. The molecule has 132 valence electrons. The highest BCUT2D eigenvalue weighted by atomic mass is 19.1. The minimum absolute atomic E-state index is 0.113. The Morgan fingerprint density at radius 2 is 1.85 bits per heavy atom. The average molecular weight is 349 g/mol. The predicted molar refractivity (Wildman–Crippen MR) is 102 cm³/mol. The van der Waals surface area contributed by atoms with Crippen LogP contribution >= 0.6 is 0 Å². The van der Waals surface area contributed by atoms with Crippen molar-refractivity contribution in [2.75, 3.05) is 20.1 Å². The minimum Gasteiger partial charge on any atom is -0.294 e. The molecule has 4 nitrogen and oxygen atoms in total. The van der Waals surface area contributed by atoms with Gasteiger partial charge in [0.05, 0.1) is 24.2 Å². The van der Waals surface area contributed by atoms with E-state index in [0.29, 0.717) is 31.4 Å². The zero-order valence-electron chi connectivity index (χ0n) is 14.7. The van der Waals surface area contributed by atoms with Crippen molar-refractivity contribution in [2.45, 2.75) is 13.0 Å². The lowest BCUT2D eigenvalue weighted by atomic mass is 10.0. The van der Waals surface area contributed by atoms with Crippen molar-refractivity contribution in [2.24, 2.45) is 0 Å². The summed E-state index contributed by atoms with van der Waals surface area (Å²) in [5.41, 5.74) is 1.63. The molecule has 2 aromatic carbocycles. The van der Waals surface area contributed by atoms with Gasteiger partial charge in [-0.3, -0.25) is 9.69 Å². The smallest absolute Gasteiger partial charge is 0.274 e. The van der Waals surface area contributed by atoms with Gasteiger partial charge in [-0.2, -0.15) is 5.10 Å². The van der Waals surface area contributed by atoms with Crippen molar-refractivity contribution in [1.82, 2.24) is 14.7 Å². The molecule has 0 radical (unpaired) electrons. The molecule has 0 saturated carbocycles. The number of aromatic nitrogens is 2. The van der Waals surface area contributed by atoms with Crippen LogP contribution in [0.25, 0.3) is 10.8 Å². The van der Waals surface area contributed by atoms with E-state index in [1.807, 2.05) is 36.2 Å². The molecule has 1 aromatic heterocycles. The number of likely N-dealkylation sites (N-methyl/N-ethyl adjacent to an activating group) is 1. The third kappa shape index (κ3) is 3.98. The van der Waals surface area contributed by atoms with Gasteiger partial charge in [-0.1, -0.05) is 36.3 Å². The molecule has 0 amide bonds. The lowest BCUT2D eigenvalue weighted by molar-refractivity contribution is 0.342. The largest absolute Gasteiger partial charge is 0.294 e. The van der Waals surface area contributed by atoms with E-state index < -0.39 is 0 Å². The van der Waals surface area contributed by atoms with Crippen molar-refractivity contribution in [1.29, 1.82) is 0 Å². The second-order valence-corrected chi connectivity index (χ2v) is 6.27. The Morgan fingerprint density at radius 3 is 2.54 bits per heavy atom. The molecule has 5 heteroatoms. The van der Waals surface area contributed by atoms with E-state index in [0.717, 1.165) is 16.6 Å². The Labute approximate surface area is 151 Å². The summed E-state index contributed by atoms with van der Waals surface area (Å²) in [6.07, 6.45) is 5.85. The number of nitrogens with zero attached hydrogens (tertiary/aromatic N) is 3. The Bertz CT molecular complexity index is 1000. The maximum atomic E-state index is 13.2. The zero-order valence-corrected chi connectivity index (χ0v) is 14.7. The number of terminal acetylenes is 1. The second kappa shape index (κ2) is 7.94. The van der Waals surface area contributed by atoms with Gasteiger partial charge in [0.1, 0.15) is 5.82 Å². The van der Waals surface area contributed by atoms with Crippen LogP contribution in [0.5, 0.6) is 0 Å². The van der Waals surface area contributed by atoms with Gasteiger partial charge >= 0.3 is 0 Å². The maximum Gasteiger partial charge on any atom is 0.274 e. The molecule has 0 fully saturated rings. The summed E-state index contributed by atoms with van der Waals surface area (Å²) in [7, 11) is 1.91. The SMILES string of the molecule is C#CCN(C)CCn1nc(Cc2ccc(F)cc2)c2ccccc2c1=O. The normalized spacial score (nSPS) is 11.0. The standard InChI is InChI=1S/C21H20FN3O/c1-3-12-24(2)13-14-25-21(26)19-7-5-4-6-18(19)20(23-25)15-16-8-10-17(22)11-9-16/h1,4-11H,12-15H2,2H3. The average Bonchev–Trinajstić information content (AvgIpc) is 2.65. The van der Waals surface area contributed by atoms with Gasteiger partial charge in [0.25, 0.3) is 5.56 Å². The quantitative estimate of drug-likeness (QED) is 0.642. The lowest BCUT2D eigenvalue weighted by Gasteiger charge is -2.15. The number of hydrogen-bond donors (Lipinski definition) is 0. The van der Waals surface area contributed by atoms with Crippen LogP contribution in [0.3, 0.4) is 0 Å². The Kier molecular flexibility index (Phi) is 5.45. The van der Waals surface area contributed by atoms with E-state index in [9.17, 15) is 9.18 Å². The highest BCUT2D eigenvalue weighted by Crippen LogP contribution is 2.17. The zero-order chi connectivity index (χ0) is 18.5. The summed E-state index contributed by atoms with van der Waals surface area (Å²) >= 11 is 0. The molecule has 26 heavy (non-hydrogen) atoms. The number of hydrogen-bond acceptors (Lipinski definition) is 3. The summed E-state index contributed by atoms with van der Waals surface area (Å²) in [6.45, 7) is 1.61. The number of benzene rings is 2. The number of halogens is 1. The summed E-state index contributed by atoms with van der Waals surface area (Å²) in [5.74, 6) is 2.31. The molecule has 0 bridgehead atoms.